The number of hydrogen-bond acceptors (Lipinski definition) is 3. The molecule has 0 radical (unpaired) electrons. The summed E-state index contributed by atoms with van der Waals surface area (Å²) >= 11 is 3.49. The fourth-order valence-electron chi connectivity index (χ4n) is 2.24. The lowest BCUT2D eigenvalue weighted by Gasteiger charge is -2.17. The number of nitriles is 1. The molecule has 0 aromatic heterocycles. The zero-order chi connectivity index (χ0) is 18.4. The van der Waals surface area contributed by atoms with E-state index in [0.29, 0.717) is 21.5 Å². The van der Waals surface area contributed by atoms with Crippen molar-refractivity contribution >= 4 is 27.6 Å². The summed E-state index contributed by atoms with van der Waals surface area (Å²) in [6.45, 7) is 4.02. The normalized spacial score (nSPS) is 12.4. The molecule has 2 aromatic rings. The monoisotopic (exact) mass is 403 g/mol. The molecule has 0 aliphatic carbocycles. The first kappa shape index (κ1) is 19.0. The van der Waals surface area contributed by atoms with Gasteiger partial charge in [-0.05, 0) is 59.1 Å². The number of ether oxygens (including phenoxy) is 2. The molecule has 0 saturated heterocycles. The van der Waals surface area contributed by atoms with E-state index >= 15 is 0 Å². The third-order valence-corrected chi connectivity index (χ3v) is 4.33. The third kappa shape index (κ3) is 4.61. The Morgan fingerprint density at radius 1 is 1.36 bits per heavy atom. The summed E-state index contributed by atoms with van der Waals surface area (Å²) in [6, 6.07) is 11.8. The van der Waals surface area contributed by atoms with Crippen LogP contribution in [0.4, 0.5) is 4.39 Å². The molecule has 0 unspecified atom stereocenters. The molecule has 0 amide bonds. The summed E-state index contributed by atoms with van der Waals surface area (Å²) in [6.07, 6.45) is 2.53. The first-order valence-electron chi connectivity index (χ1n) is 7.91. The van der Waals surface area contributed by atoms with Crippen LogP contribution < -0.4 is 9.47 Å². The molecular formula is C20H19BrFNO2. The van der Waals surface area contributed by atoms with Gasteiger partial charge in [-0.15, -0.1) is 0 Å². The van der Waals surface area contributed by atoms with E-state index in [1.54, 1.807) is 37.5 Å². The lowest BCUT2D eigenvalue weighted by molar-refractivity contribution is 0.206. The minimum Gasteiger partial charge on any atom is -0.493 e. The molecule has 0 heterocycles. The Morgan fingerprint density at radius 2 is 2.08 bits per heavy atom. The van der Waals surface area contributed by atoms with Crippen LogP contribution >= 0.6 is 15.9 Å². The number of hydrogen-bond donors (Lipinski definition) is 0. The van der Waals surface area contributed by atoms with Crippen molar-refractivity contribution in [3.8, 4) is 17.6 Å². The fourth-order valence-corrected chi connectivity index (χ4v) is 2.79. The van der Waals surface area contributed by atoms with Gasteiger partial charge in [-0.1, -0.05) is 25.1 Å². The highest BCUT2D eigenvalue weighted by atomic mass is 79.9. The molecule has 2 aromatic carbocycles. The zero-order valence-electron chi connectivity index (χ0n) is 14.3. The topological polar surface area (TPSA) is 42.2 Å². The molecule has 2 rings (SSSR count). The van der Waals surface area contributed by atoms with Crippen LogP contribution in [0.1, 0.15) is 31.4 Å². The van der Waals surface area contributed by atoms with Crippen LogP contribution in [0.3, 0.4) is 0 Å². The van der Waals surface area contributed by atoms with E-state index < -0.39 is 5.82 Å². The summed E-state index contributed by atoms with van der Waals surface area (Å²) < 4.78 is 26.0. The van der Waals surface area contributed by atoms with Crippen molar-refractivity contribution in [1.29, 1.82) is 5.26 Å². The van der Waals surface area contributed by atoms with Crippen LogP contribution in [0.15, 0.2) is 40.9 Å². The second-order valence-corrected chi connectivity index (χ2v) is 6.37. The molecule has 5 heteroatoms. The van der Waals surface area contributed by atoms with Crippen molar-refractivity contribution in [2.75, 3.05) is 7.11 Å². The largest absolute Gasteiger partial charge is 0.493 e. The van der Waals surface area contributed by atoms with Crippen LogP contribution in [0.25, 0.3) is 11.6 Å². The fraction of sp³-hybridized carbons (Fsp3) is 0.250. The predicted octanol–water partition coefficient (Wildman–Crippen LogP) is 5.84. The molecule has 0 aliphatic heterocycles. The Balaban J connectivity index is 2.48. The summed E-state index contributed by atoms with van der Waals surface area (Å²) in [5.41, 5.74) is 1.21. The minimum atomic E-state index is -0.432. The molecule has 25 heavy (non-hydrogen) atoms. The van der Waals surface area contributed by atoms with Gasteiger partial charge in [-0.25, -0.2) is 4.39 Å². The Hall–Kier alpha value is -2.32. The van der Waals surface area contributed by atoms with Crippen molar-refractivity contribution in [2.45, 2.75) is 26.4 Å². The number of benzene rings is 2. The van der Waals surface area contributed by atoms with Gasteiger partial charge in [0.1, 0.15) is 5.82 Å². The van der Waals surface area contributed by atoms with Gasteiger partial charge in [0.25, 0.3) is 0 Å². The Labute approximate surface area is 155 Å². The molecule has 0 fully saturated rings. The Bertz CT molecular complexity index is 827. The maximum atomic E-state index is 14.0. The van der Waals surface area contributed by atoms with Crippen LogP contribution in [-0.4, -0.2) is 13.2 Å². The zero-order valence-corrected chi connectivity index (χ0v) is 15.9. The van der Waals surface area contributed by atoms with Crippen molar-refractivity contribution in [1.82, 2.24) is 0 Å². The maximum Gasteiger partial charge on any atom is 0.175 e. The maximum absolute atomic E-state index is 14.0. The van der Waals surface area contributed by atoms with Crippen LogP contribution in [0.5, 0.6) is 11.5 Å². The van der Waals surface area contributed by atoms with E-state index in [0.717, 1.165) is 6.42 Å². The highest BCUT2D eigenvalue weighted by Gasteiger charge is 2.14. The van der Waals surface area contributed by atoms with Crippen molar-refractivity contribution < 1.29 is 13.9 Å². The number of methoxy groups -OCH3 is 1. The van der Waals surface area contributed by atoms with Gasteiger partial charge >= 0.3 is 0 Å². The lowest BCUT2D eigenvalue weighted by atomic mass is 10.0. The Kier molecular flexibility index (Phi) is 6.60. The van der Waals surface area contributed by atoms with Gasteiger partial charge < -0.3 is 9.47 Å². The molecule has 1 atom stereocenters. The van der Waals surface area contributed by atoms with E-state index in [1.807, 2.05) is 19.9 Å². The van der Waals surface area contributed by atoms with E-state index in [2.05, 4.69) is 22.0 Å². The van der Waals surface area contributed by atoms with Crippen molar-refractivity contribution in [3.05, 3.63) is 57.8 Å². The first-order chi connectivity index (χ1) is 12.0. The van der Waals surface area contributed by atoms with E-state index in [9.17, 15) is 9.65 Å². The molecular weight excluding hydrogens is 385 g/mol. The number of nitrogens with zero attached hydrogens (tertiary/aromatic N) is 1. The molecule has 0 spiro atoms. The SMILES string of the molecule is CC[C@@H](C)Oc1c(Br)cc(/C=C(/C#N)c2ccccc2F)cc1OC. The minimum absolute atomic E-state index is 0.0414. The molecule has 0 bridgehead atoms. The molecule has 0 N–H and O–H groups in total. The highest BCUT2D eigenvalue weighted by molar-refractivity contribution is 9.10. The second kappa shape index (κ2) is 8.68. The molecule has 3 nitrogen and oxygen atoms in total. The summed E-state index contributed by atoms with van der Waals surface area (Å²) in [4.78, 5) is 0. The standard InChI is InChI=1S/C20H19BrFNO2/c1-4-13(2)25-20-17(21)10-14(11-19(20)24-3)9-15(12-23)16-7-5-6-8-18(16)22/h5-11,13H,4H2,1-3H3/b15-9-/t13-/m1/s1. The Morgan fingerprint density at radius 3 is 2.68 bits per heavy atom. The summed E-state index contributed by atoms with van der Waals surface area (Å²) in [5.74, 6) is 0.725. The molecule has 0 saturated carbocycles. The van der Waals surface area contributed by atoms with Crippen LogP contribution in [-0.2, 0) is 0 Å². The average molecular weight is 404 g/mol. The first-order valence-corrected chi connectivity index (χ1v) is 8.70. The van der Waals surface area contributed by atoms with Gasteiger partial charge in [0, 0.05) is 5.56 Å². The quantitative estimate of drug-likeness (QED) is 0.449. The molecule has 0 aliphatic rings. The van der Waals surface area contributed by atoms with Crippen LogP contribution in [0, 0.1) is 17.1 Å². The van der Waals surface area contributed by atoms with Gasteiger partial charge in [-0.3, -0.25) is 0 Å². The smallest absolute Gasteiger partial charge is 0.175 e. The van der Waals surface area contributed by atoms with Gasteiger partial charge in [0.15, 0.2) is 11.5 Å². The van der Waals surface area contributed by atoms with Crippen LogP contribution in [0.2, 0.25) is 0 Å². The summed E-state index contributed by atoms with van der Waals surface area (Å²) in [5, 5.41) is 9.41. The summed E-state index contributed by atoms with van der Waals surface area (Å²) in [7, 11) is 1.56. The van der Waals surface area contributed by atoms with E-state index in [-0.39, 0.29) is 17.2 Å². The van der Waals surface area contributed by atoms with E-state index in [1.165, 1.54) is 6.07 Å². The second-order valence-electron chi connectivity index (χ2n) is 5.52. The number of allylic oxidation sites excluding steroid dienone is 1. The predicted molar refractivity (Wildman–Crippen MR) is 101 cm³/mol. The number of rotatable bonds is 6. The van der Waals surface area contributed by atoms with Gasteiger partial charge in [0.05, 0.1) is 29.3 Å². The van der Waals surface area contributed by atoms with E-state index in [4.69, 9.17) is 9.47 Å². The van der Waals surface area contributed by atoms with Crippen molar-refractivity contribution in [2.24, 2.45) is 0 Å². The van der Waals surface area contributed by atoms with Gasteiger partial charge in [0.2, 0.25) is 0 Å². The third-order valence-electron chi connectivity index (χ3n) is 3.74. The number of halogens is 2. The molecule has 130 valence electrons. The van der Waals surface area contributed by atoms with Crippen molar-refractivity contribution in [3.63, 3.8) is 0 Å². The average Bonchev–Trinajstić information content (AvgIpc) is 2.62. The highest BCUT2D eigenvalue weighted by Crippen LogP contribution is 2.38. The van der Waals surface area contributed by atoms with Gasteiger partial charge in [-0.2, -0.15) is 5.26 Å². The lowest BCUT2D eigenvalue weighted by Crippen LogP contribution is -2.11.